The van der Waals surface area contributed by atoms with Gasteiger partial charge in [0.1, 0.15) is 11.5 Å². The van der Waals surface area contributed by atoms with Gasteiger partial charge in [0.15, 0.2) is 0 Å². The van der Waals surface area contributed by atoms with E-state index in [1.54, 1.807) is 30.3 Å². The topological polar surface area (TPSA) is 67.5 Å². The van der Waals surface area contributed by atoms with Gasteiger partial charge in [0.05, 0.1) is 11.1 Å². The summed E-state index contributed by atoms with van der Waals surface area (Å²) in [5.74, 6) is -0.330. The van der Waals surface area contributed by atoms with Crippen LogP contribution in [0, 0.1) is 15.9 Å². The quantitative estimate of drug-likeness (QED) is 0.521. The molecule has 0 heterocycles. The zero-order valence-electron chi connectivity index (χ0n) is 9.79. The first-order valence-electron chi connectivity index (χ1n) is 5.45. The van der Waals surface area contributed by atoms with Gasteiger partial charge in [0, 0.05) is 6.07 Å². The maximum Gasteiger partial charge on any atom is 0.294 e. The van der Waals surface area contributed by atoms with Crippen LogP contribution in [-0.4, -0.2) is 11.1 Å². The second kappa shape index (κ2) is 5.72. The molecule has 5 nitrogen and oxygen atoms in total. The number of hydrogen-bond acceptors (Lipinski definition) is 4. The summed E-state index contributed by atoms with van der Waals surface area (Å²) < 4.78 is 12.7. The molecule has 96 valence electrons. The fourth-order valence-corrected chi connectivity index (χ4v) is 1.45. The van der Waals surface area contributed by atoms with E-state index in [1.165, 1.54) is 24.4 Å². The molecule has 2 rings (SSSR count). The van der Waals surface area contributed by atoms with Crippen LogP contribution < -0.4 is 5.43 Å². The number of nitro benzene ring substituents is 1. The largest absolute Gasteiger partial charge is 0.294 e. The Hall–Kier alpha value is -2.76. The van der Waals surface area contributed by atoms with Crippen LogP contribution in [0.25, 0.3) is 0 Å². The average molecular weight is 259 g/mol. The molecule has 0 saturated heterocycles. The Morgan fingerprint density at radius 3 is 2.53 bits per heavy atom. The normalized spacial score (nSPS) is 10.6. The summed E-state index contributed by atoms with van der Waals surface area (Å²) in [5.41, 5.74) is 3.52. The lowest BCUT2D eigenvalue weighted by atomic mass is 10.2. The third-order valence-electron chi connectivity index (χ3n) is 2.37. The summed E-state index contributed by atoms with van der Waals surface area (Å²) >= 11 is 0. The van der Waals surface area contributed by atoms with Gasteiger partial charge in [0.2, 0.25) is 0 Å². The fraction of sp³-hybridized carbons (Fsp3) is 0. The molecule has 0 aromatic heterocycles. The molecule has 0 aliphatic carbocycles. The van der Waals surface area contributed by atoms with Crippen molar-refractivity contribution in [3.8, 4) is 0 Å². The summed E-state index contributed by atoms with van der Waals surface area (Å²) in [5, 5.41) is 14.6. The van der Waals surface area contributed by atoms with Crippen molar-refractivity contribution < 1.29 is 9.31 Å². The van der Waals surface area contributed by atoms with Crippen LogP contribution in [0.5, 0.6) is 0 Å². The van der Waals surface area contributed by atoms with Crippen molar-refractivity contribution in [1.29, 1.82) is 0 Å². The van der Waals surface area contributed by atoms with Crippen molar-refractivity contribution in [3.05, 3.63) is 70.0 Å². The minimum Gasteiger partial charge on any atom is -0.272 e. The summed E-state index contributed by atoms with van der Waals surface area (Å²) in [4.78, 5) is 10.3. The fourth-order valence-electron chi connectivity index (χ4n) is 1.45. The molecule has 0 amide bonds. The minimum absolute atomic E-state index is 0.0567. The van der Waals surface area contributed by atoms with Gasteiger partial charge >= 0.3 is 0 Å². The molecule has 0 aliphatic rings. The standard InChI is InChI=1S/C13H10FN3O2/c14-11-7-5-10(6-8-11)9-15-16-12-3-1-2-4-13(12)17(18)19/h1-9,16H. The molecule has 0 aliphatic heterocycles. The van der Waals surface area contributed by atoms with Crippen LogP contribution in [-0.2, 0) is 0 Å². The van der Waals surface area contributed by atoms with Crippen LogP contribution in [0.2, 0.25) is 0 Å². The highest BCUT2D eigenvalue weighted by Gasteiger charge is 2.10. The van der Waals surface area contributed by atoms with E-state index in [1.807, 2.05) is 0 Å². The second-order valence-electron chi connectivity index (χ2n) is 3.70. The number of benzene rings is 2. The summed E-state index contributed by atoms with van der Waals surface area (Å²) in [6.07, 6.45) is 1.45. The molecule has 0 unspecified atom stereocenters. The van der Waals surface area contributed by atoms with Crippen molar-refractivity contribution in [2.45, 2.75) is 0 Å². The van der Waals surface area contributed by atoms with E-state index >= 15 is 0 Å². The molecule has 0 saturated carbocycles. The first-order valence-corrected chi connectivity index (χ1v) is 5.45. The van der Waals surface area contributed by atoms with Gasteiger partial charge in [0.25, 0.3) is 5.69 Å². The highest BCUT2D eigenvalue weighted by Crippen LogP contribution is 2.22. The lowest BCUT2D eigenvalue weighted by molar-refractivity contribution is -0.384. The molecule has 6 heteroatoms. The van der Waals surface area contributed by atoms with E-state index in [2.05, 4.69) is 10.5 Å². The van der Waals surface area contributed by atoms with E-state index in [4.69, 9.17) is 0 Å². The van der Waals surface area contributed by atoms with E-state index in [9.17, 15) is 14.5 Å². The number of rotatable bonds is 4. The van der Waals surface area contributed by atoms with Crippen molar-refractivity contribution in [2.75, 3.05) is 5.43 Å². The Morgan fingerprint density at radius 1 is 1.16 bits per heavy atom. The van der Waals surface area contributed by atoms with Crippen molar-refractivity contribution in [3.63, 3.8) is 0 Å². The third-order valence-corrected chi connectivity index (χ3v) is 2.37. The molecule has 2 aromatic carbocycles. The van der Waals surface area contributed by atoms with Crippen LogP contribution in [0.15, 0.2) is 53.6 Å². The monoisotopic (exact) mass is 259 g/mol. The van der Waals surface area contributed by atoms with E-state index in [0.29, 0.717) is 11.3 Å². The molecule has 19 heavy (non-hydrogen) atoms. The van der Waals surface area contributed by atoms with Gasteiger partial charge in [-0.25, -0.2) is 4.39 Å². The van der Waals surface area contributed by atoms with Crippen LogP contribution in [0.1, 0.15) is 5.56 Å². The molecule has 2 aromatic rings. The van der Waals surface area contributed by atoms with Gasteiger partial charge < -0.3 is 0 Å². The molecule has 1 N–H and O–H groups in total. The molecule has 0 radical (unpaired) electrons. The lowest BCUT2D eigenvalue weighted by Gasteiger charge is -2.00. The molecule has 0 fully saturated rings. The predicted octanol–water partition coefficient (Wildman–Crippen LogP) is 3.18. The highest BCUT2D eigenvalue weighted by molar-refractivity contribution is 5.80. The Labute approximate surface area is 108 Å². The third kappa shape index (κ3) is 3.35. The Kier molecular flexibility index (Phi) is 3.82. The Bertz CT molecular complexity index is 612. The van der Waals surface area contributed by atoms with Crippen LogP contribution in [0.3, 0.4) is 0 Å². The smallest absolute Gasteiger partial charge is 0.272 e. The number of nitro groups is 1. The van der Waals surface area contributed by atoms with Gasteiger partial charge in [-0.3, -0.25) is 15.5 Å². The predicted molar refractivity (Wildman–Crippen MR) is 70.7 cm³/mol. The molecular formula is C13H10FN3O2. The number of hydrogen-bond donors (Lipinski definition) is 1. The second-order valence-corrected chi connectivity index (χ2v) is 3.70. The number of nitrogens with one attached hydrogen (secondary N) is 1. The first-order chi connectivity index (χ1) is 9.16. The maximum atomic E-state index is 12.7. The summed E-state index contributed by atoms with van der Waals surface area (Å²) in [7, 11) is 0. The zero-order chi connectivity index (χ0) is 13.7. The van der Waals surface area contributed by atoms with E-state index in [0.717, 1.165) is 0 Å². The highest BCUT2D eigenvalue weighted by atomic mass is 19.1. The molecule has 0 bridgehead atoms. The van der Waals surface area contributed by atoms with Gasteiger partial charge in [-0.2, -0.15) is 5.10 Å². The van der Waals surface area contributed by atoms with Crippen molar-refractivity contribution >= 4 is 17.6 Å². The first kappa shape index (κ1) is 12.7. The number of nitrogens with zero attached hydrogens (tertiary/aromatic N) is 2. The number of hydrazone groups is 1. The molecular weight excluding hydrogens is 249 g/mol. The molecule has 0 atom stereocenters. The number of halogens is 1. The van der Waals surface area contributed by atoms with Gasteiger partial charge in [-0.15, -0.1) is 0 Å². The van der Waals surface area contributed by atoms with Crippen molar-refractivity contribution in [1.82, 2.24) is 0 Å². The number of para-hydroxylation sites is 2. The van der Waals surface area contributed by atoms with Gasteiger partial charge in [-0.05, 0) is 23.8 Å². The van der Waals surface area contributed by atoms with Gasteiger partial charge in [-0.1, -0.05) is 24.3 Å². The van der Waals surface area contributed by atoms with E-state index < -0.39 is 4.92 Å². The maximum absolute atomic E-state index is 12.7. The number of anilines is 1. The van der Waals surface area contributed by atoms with Crippen LogP contribution >= 0.6 is 0 Å². The SMILES string of the molecule is O=[N+]([O-])c1ccccc1NN=Cc1ccc(F)cc1. The molecule has 0 spiro atoms. The Balaban J connectivity index is 2.10. The zero-order valence-corrected chi connectivity index (χ0v) is 9.79. The van der Waals surface area contributed by atoms with Crippen molar-refractivity contribution in [2.24, 2.45) is 5.10 Å². The minimum atomic E-state index is -0.490. The van der Waals surface area contributed by atoms with Crippen LogP contribution in [0.4, 0.5) is 15.8 Å². The lowest BCUT2D eigenvalue weighted by Crippen LogP contribution is -1.96. The summed E-state index contributed by atoms with van der Waals surface area (Å²) in [6.45, 7) is 0. The van der Waals surface area contributed by atoms with E-state index in [-0.39, 0.29) is 11.5 Å². The average Bonchev–Trinajstić information content (AvgIpc) is 2.41. The Morgan fingerprint density at radius 2 is 1.84 bits per heavy atom. The summed E-state index contributed by atoms with van der Waals surface area (Å²) in [6, 6.07) is 11.9.